The summed E-state index contributed by atoms with van der Waals surface area (Å²) in [6.45, 7) is 1.91. The summed E-state index contributed by atoms with van der Waals surface area (Å²) in [5.74, 6) is -0.631. The predicted octanol–water partition coefficient (Wildman–Crippen LogP) is 3.37. The number of carbonyl (C=O) groups excluding carboxylic acids is 2. The molecule has 0 aromatic heterocycles. The van der Waals surface area contributed by atoms with Gasteiger partial charge in [-0.2, -0.15) is 0 Å². The van der Waals surface area contributed by atoms with Crippen LogP contribution in [0.5, 0.6) is 5.75 Å². The van der Waals surface area contributed by atoms with Crippen molar-refractivity contribution >= 4 is 29.3 Å². The van der Waals surface area contributed by atoms with E-state index >= 15 is 0 Å². The zero-order valence-electron chi connectivity index (χ0n) is 14.0. The van der Waals surface area contributed by atoms with E-state index in [9.17, 15) is 14.7 Å². The lowest BCUT2D eigenvalue weighted by atomic mass is 9.92. The van der Waals surface area contributed by atoms with Crippen LogP contribution in [0.4, 0.5) is 4.79 Å². The van der Waals surface area contributed by atoms with Gasteiger partial charge in [0.2, 0.25) is 0 Å². The van der Waals surface area contributed by atoms with E-state index in [0.717, 1.165) is 0 Å². The number of amides is 2. The predicted molar refractivity (Wildman–Crippen MR) is 97.5 cm³/mol. The molecule has 0 radical (unpaired) electrons. The molecule has 1 aliphatic rings. The van der Waals surface area contributed by atoms with Crippen LogP contribution in [0.25, 0.3) is 5.70 Å². The molecule has 3 rings (SSSR count). The first-order valence-electron chi connectivity index (χ1n) is 8.04. The summed E-state index contributed by atoms with van der Waals surface area (Å²) in [5, 5.41) is 15.2. The fourth-order valence-electron chi connectivity index (χ4n) is 2.78. The third kappa shape index (κ3) is 3.50. The normalized spacial score (nSPS) is 16.7. The van der Waals surface area contributed by atoms with Gasteiger partial charge >= 0.3 is 12.0 Å². The van der Waals surface area contributed by atoms with Gasteiger partial charge in [-0.15, -0.1) is 0 Å². The van der Waals surface area contributed by atoms with Gasteiger partial charge in [0.25, 0.3) is 0 Å². The van der Waals surface area contributed by atoms with Crippen molar-refractivity contribution in [1.29, 1.82) is 0 Å². The van der Waals surface area contributed by atoms with E-state index in [0.29, 0.717) is 16.8 Å². The second-order valence-corrected chi connectivity index (χ2v) is 6.02. The molecular weight excluding hydrogens is 356 g/mol. The Labute approximate surface area is 155 Å². The zero-order chi connectivity index (χ0) is 18.7. The van der Waals surface area contributed by atoms with Crippen molar-refractivity contribution < 1.29 is 19.4 Å². The molecule has 0 unspecified atom stereocenters. The van der Waals surface area contributed by atoms with Gasteiger partial charge in [-0.25, -0.2) is 9.59 Å². The fourth-order valence-corrected chi connectivity index (χ4v) is 2.97. The maximum Gasteiger partial charge on any atom is 0.338 e. The number of benzene rings is 2. The van der Waals surface area contributed by atoms with Crippen LogP contribution in [0.2, 0.25) is 5.02 Å². The lowest BCUT2D eigenvalue weighted by Crippen LogP contribution is -2.45. The number of esters is 1. The number of hydrogen-bond donors (Lipinski definition) is 3. The van der Waals surface area contributed by atoms with Crippen LogP contribution >= 0.6 is 11.6 Å². The van der Waals surface area contributed by atoms with Crippen molar-refractivity contribution in [3.05, 3.63) is 70.3 Å². The summed E-state index contributed by atoms with van der Waals surface area (Å²) >= 11 is 6.00. The largest absolute Gasteiger partial charge is 0.506 e. The van der Waals surface area contributed by atoms with Gasteiger partial charge < -0.3 is 20.5 Å². The SMILES string of the molecule is CCOC(=O)C1=C(c2ccccc2)NC(=O)N[C@H]1c1ccc(O)c(Cl)c1. The van der Waals surface area contributed by atoms with E-state index in [1.165, 1.54) is 12.1 Å². The Kier molecular flexibility index (Phi) is 5.14. The van der Waals surface area contributed by atoms with Crippen molar-refractivity contribution in [3.63, 3.8) is 0 Å². The van der Waals surface area contributed by atoms with E-state index in [-0.39, 0.29) is 23.0 Å². The van der Waals surface area contributed by atoms with Gasteiger partial charge in [-0.1, -0.05) is 48.0 Å². The van der Waals surface area contributed by atoms with Crippen molar-refractivity contribution in [2.75, 3.05) is 6.61 Å². The molecule has 6 nitrogen and oxygen atoms in total. The van der Waals surface area contributed by atoms with Gasteiger partial charge in [0.05, 0.1) is 28.9 Å². The van der Waals surface area contributed by atoms with Crippen molar-refractivity contribution in [3.8, 4) is 5.75 Å². The summed E-state index contributed by atoms with van der Waals surface area (Å²) in [6, 6.07) is 12.3. The molecule has 2 amide bonds. The number of hydrogen-bond acceptors (Lipinski definition) is 4. The second kappa shape index (κ2) is 7.49. The molecule has 3 N–H and O–H groups in total. The van der Waals surface area contributed by atoms with Crippen LogP contribution in [0, 0.1) is 0 Å². The van der Waals surface area contributed by atoms with E-state index in [2.05, 4.69) is 10.6 Å². The summed E-state index contributed by atoms with van der Waals surface area (Å²) < 4.78 is 5.20. The average Bonchev–Trinajstić information content (AvgIpc) is 2.64. The van der Waals surface area contributed by atoms with Crippen molar-refractivity contribution in [2.45, 2.75) is 13.0 Å². The number of rotatable bonds is 4. The van der Waals surface area contributed by atoms with Crippen LogP contribution in [0.15, 0.2) is 54.1 Å². The Bertz CT molecular complexity index is 880. The minimum Gasteiger partial charge on any atom is -0.506 e. The van der Waals surface area contributed by atoms with Crippen LogP contribution < -0.4 is 10.6 Å². The molecule has 0 fully saturated rings. The number of carbonyl (C=O) groups is 2. The third-order valence-electron chi connectivity index (χ3n) is 3.93. The molecule has 7 heteroatoms. The number of nitrogens with one attached hydrogen (secondary N) is 2. The van der Waals surface area contributed by atoms with Crippen LogP contribution in [-0.2, 0) is 9.53 Å². The standard InChI is InChI=1S/C19H17ClN2O4/c1-2-26-18(24)15-16(11-6-4-3-5-7-11)21-19(25)22-17(15)12-8-9-14(23)13(20)10-12/h3-10,17,23H,2H2,1H3,(H2,21,22,25)/t17-/m0/s1. The highest BCUT2D eigenvalue weighted by Crippen LogP contribution is 2.34. The second-order valence-electron chi connectivity index (χ2n) is 5.62. The summed E-state index contributed by atoms with van der Waals surface area (Å²) in [5.41, 5.74) is 1.88. The van der Waals surface area contributed by atoms with Crippen molar-refractivity contribution in [2.24, 2.45) is 0 Å². The Morgan fingerprint density at radius 2 is 1.96 bits per heavy atom. The third-order valence-corrected chi connectivity index (χ3v) is 4.24. The summed E-state index contributed by atoms with van der Waals surface area (Å²) in [6.07, 6.45) is 0. The number of phenolic OH excluding ortho intramolecular Hbond substituents is 1. The minimum absolute atomic E-state index is 0.0828. The number of urea groups is 1. The summed E-state index contributed by atoms with van der Waals surface area (Å²) in [4.78, 5) is 24.9. The van der Waals surface area contributed by atoms with Gasteiger partial charge in [0.1, 0.15) is 5.75 Å². The van der Waals surface area contributed by atoms with Crippen LogP contribution in [0.3, 0.4) is 0 Å². The molecular formula is C19H17ClN2O4. The van der Waals surface area contributed by atoms with Crippen molar-refractivity contribution in [1.82, 2.24) is 10.6 Å². The average molecular weight is 373 g/mol. The molecule has 1 aliphatic heterocycles. The number of ether oxygens (including phenoxy) is 1. The first kappa shape index (κ1) is 17.8. The smallest absolute Gasteiger partial charge is 0.338 e. The lowest BCUT2D eigenvalue weighted by molar-refractivity contribution is -0.138. The van der Waals surface area contributed by atoms with Gasteiger partial charge in [-0.05, 0) is 30.2 Å². The monoisotopic (exact) mass is 372 g/mol. The molecule has 2 aromatic carbocycles. The molecule has 0 saturated heterocycles. The zero-order valence-corrected chi connectivity index (χ0v) is 14.7. The van der Waals surface area contributed by atoms with E-state index in [4.69, 9.17) is 16.3 Å². The molecule has 0 saturated carbocycles. The van der Waals surface area contributed by atoms with Gasteiger partial charge in [0, 0.05) is 0 Å². The molecule has 2 aromatic rings. The van der Waals surface area contributed by atoms with Crippen LogP contribution in [-0.4, -0.2) is 23.7 Å². The maximum absolute atomic E-state index is 12.7. The Morgan fingerprint density at radius 3 is 2.62 bits per heavy atom. The number of aromatic hydroxyl groups is 1. The molecule has 0 spiro atoms. The Morgan fingerprint density at radius 1 is 1.23 bits per heavy atom. The summed E-state index contributed by atoms with van der Waals surface area (Å²) in [7, 11) is 0. The number of halogens is 1. The van der Waals surface area contributed by atoms with Gasteiger partial charge in [0.15, 0.2) is 0 Å². The highest BCUT2D eigenvalue weighted by Gasteiger charge is 2.34. The lowest BCUT2D eigenvalue weighted by Gasteiger charge is -2.29. The van der Waals surface area contributed by atoms with Gasteiger partial charge in [-0.3, -0.25) is 0 Å². The Balaban J connectivity index is 2.18. The highest BCUT2D eigenvalue weighted by molar-refractivity contribution is 6.32. The molecule has 26 heavy (non-hydrogen) atoms. The fraction of sp³-hybridized carbons (Fsp3) is 0.158. The molecule has 1 atom stereocenters. The maximum atomic E-state index is 12.7. The van der Waals surface area contributed by atoms with E-state index in [1.807, 2.05) is 18.2 Å². The Hall–Kier alpha value is -2.99. The van der Waals surface area contributed by atoms with Crippen LogP contribution in [0.1, 0.15) is 24.1 Å². The highest BCUT2D eigenvalue weighted by atomic mass is 35.5. The molecule has 0 bridgehead atoms. The molecule has 0 aliphatic carbocycles. The van der Waals surface area contributed by atoms with E-state index < -0.39 is 18.0 Å². The minimum atomic E-state index is -0.767. The first-order chi connectivity index (χ1) is 12.5. The molecule has 134 valence electrons. The number of phenols is 1. The topological polar surface area (TPSA) is 87.7 Å². The molecule has 1 heterocycles. The van der Waals surface area contributed by atoms with E-state index in [1.54, 1.807) is 25.1 Å². The first-order valence-corrected chi connectivity index (χ1v) is 8.41. The quantitative estimate of drug-likeness (QED) is 0.718.